The summed E-state index contributed by atoms with van der Waals surface area (Å²) in [6.45, 7) is 1.99. The van der Waals surface area contributed by atoms with Crippen LogP contribution in [-0.2, 0) is 0 Å². The van der Waals surface area contributed by atoms with E-state index in [1.165, 1.54) is 0 Å². The number of hydrogen-bond donors (Lipinski definition) is 0. The lowest BCUT2D eigenvalue weighted by Crippen LogP contribution is -2.01. The summed E-state index contributed by atoms with van der Waals surface area (Å²) in [6.07, 6.45) is 0. The predicted molar refractivity (Wildman–Crippen MR) is 90.7 cm³/mol. The second-order valence-electron chi connectivity index (χ2n) is 4.73. The molecule has 4 heteroatoms. The van der Waals surface area contributed by atoms with Crippen LogP contribution in [0.5, 0.6) is 5.75 Å². The van der Waals surface area contributed by atoms with Crippen molar-refractivity contribution in [1.82, 2.24) is 0 Å². The molecular weight excluding hydrogens is 348 g/mol. The van der Waals surface area contributed by atoms with Crippen molar-refractivity contribution in [3.63, 3.8) is 0 Å². The number of aryl methyl sites for hydroxylation is 1. The van der Waals surface area contributed by atoms with Gasteiger partial charge in [-0.2, -0.15) is 0 Å². The molecule has 0 N–H and O–H groups in total. The molecule has 0 aliphatic rings. The molecule has 21 heavy (non-hydrogen) atoms. The number of halogens is 1. The van der Waals surface area contributed by atoms with E-state index in [0.29, 0.717) is 5.56 Å². The average Bonchev–Trinajstić information content (AvgIpc) is 2.82. The van der Waals surface area contributed by atoms with Crippen LogP contribution >= 0.6 is 27.3 Å². The molecule has 3 aromatic rings. The normalized spacial score (nSPS) is 10.8. The Morgan fingerprint density at radius 1 is 1.14 bits per heavy atom. The Morgan fingerprint density at radius 2 is 1.86 bits per heavy atom. The summed E-state index contributed by atoms with van der Waals surface area (Å²) >= 11 is 5.03. The maximum atomic E-state index is 12.8. The fraction of sp³-hybridized carbons (Fsp3) is 0.118. The number of benzene rings is 2. The molecule has 0 amide bonds. The first-order valence-electron chi connectivity index (χ1n) is 6.47. The summed E-state index contributed by atoms with van der Waals surface area (Å²) in [4.78, 5) is 13.8. The van der Waals surface area contributed by atoms with E-state index in [0.717, 1.165) is 30.7 Å². The molecule has 0 unspecified atom stereocenters. The van der Waals surface area contributed by atoms with Crippen molar-refractivity contribution in [2.45, 2.75) is 6.92 Å². The van der Waals surface area contributed by atoms with Crippen LogP contribution in [-0.4, -0.2) is 12.9 Å². The highest BCUT2D eigenvalue weighted by Gasteiger charge is 2.18. The van der Waals surface area contributed by atoms with E-state index < -0.39 is 0 Å². The van der Waals surface area contributed by atoms with E-state index in [-0.39, 0.29) is 5.78 Å². The van der Waals surface area contributed by atoms with Gasteiger partial charge in [-0.25, -0.2) is 0 Å². The number of ketones is 1. The number of thiophene rings is 1. The van der Waals surface area contributed by atoms with Crippen LogP contribution in [0.25, 0.3) is 10.1 Å². The molecule has 0 aliphatic carbocycles. The summed E-state index contributed by atoms with van der Waals surface area (Å²) in [5.74, 6) is 0.824. The van der Waals surface area contributed by atoms with Gasteiger partial charge in [0.2, 0.25) is 0 Å². The lowest BCUT2D eigenvalue weighted by Gasteiger charge is -2.04. The Labute approximate surface area is 135 Å². The van der Waals surface area contributed by atoms with Gasteiger partial charge in [0.05, 0.1) is 7.11 Å². The number of ether oxygens (including phenoxy) is 1. The molecule has 0 atom stereocenters. The number of rotatable bonds is 3. The molecule has 106 valence electrons. The standard InChI is InChI=1S/C17H13BrO2S/c1-10-16(17(19)11-3-5-12(18)6-4-11)14-9-13(20-2)7-8-15(14)21-10/h3-9H,1-2H3. The van der Waals surface area contributed by atoms with E-state index in [1.807, 2.05) is 49.4 Å². The van der Waals surface area contributed by atoms with E-state index >= 15 is 0 Å². The van der Waals surface area contributed by atoms with Crippen LogP contribution in [0.15, 0.2) is 46.9 Å². The second kappa shape index (κ2) is 5.62. The van der Waals surface area contributed by atoms with Gasteiger partial charge in [-0.3, -0.25) is 4.79 Å². The quantitative estimate of drug-likeness (QED) is 0.599. The number of carbonyl (C=O) groups excluding carboxylic acids is 1. The minimum absolute atomic E-state index is 0.0551. The molecule has 0 saturated carbocycles. The van der Waals surface area contributed by atoms with Crippen LogP contribution in [0.4, 0.5) is 0 Å². The van der Waals surface area contributed by atoms with E-state index in [4.69, 9.17) is 4.74 Å². The first-order valence-corrected chi connectivity index (χ1v) is 8.08. The maximum absolute atomic E-state index is 12.8. The summed E-state index contributed by atoms with van der Waals surface area (Å²) in [6, 6.07) is 13.3. The first-order chi connectivity index (χ1) is 10.1. The maximum Gasteiger partial charge on any atom is 0.194 e. The molecule has 0 fully saturated rings. The molecule has 1 aromatic heterocycles. The molecule has 0 spiro atoms. The van der Waals surface area contributed by atoms with Gasteiger partial charge in [-0.15, -0.1) is 11.3 Å². The highest BCUT2D eigenvalue weighted by molar-refractivity contribution is 9.10. The largest absolute Gasteiger partial charge is 0.497 e. The summed E-state index contributed by atoms with van der Waals surface area (Å²) in [5, 5.41) is 0.963. The van der Waals surface area contributed by atoms with Gasteiger partial charge < -0.3 is 4.74 Å². The lowest BCUT2D eigenvalue weighted by molar-refractivity contribution is 0.104. The fourth-order valence-electron chi connectivity index (χ4n) is 2.35. The molecule has 0 aliphatic heterocycles. The highest BCUT2D eigenvalue weighted by atomic mass is 79.9. The number of hydrogen-bond acceptors (Lipinski definition) is 3. The van der Waals surface area contributed by atoms with Crippen molar-refractivity contribution in [2.24, 2.45) is 0 Å². The zero-order valence-corrected chi connectivity index (χ0v) is 14.0. The number of fused-ring (bicyclic) bond motifs is 1. The monoisotopic (exact) mass is 360 g/mol. The molecule has 0 saturated heterocycles. The third-order valence-electron chi connectivity index (χ3n) is 3.40. The predicted octanol–water partition coefficient (Wildman–Crippen LogP) is 5.21. The average molecular weight is 361 g/mol. The number of carbonyl (C=O) groups is 1. The Morgan fingerprint density at radius 3 is 2.52 bits per heavy atom. The summed E-state index contributed by atoms with van der Waals surface area (Å²) in [7, 11) is 1.64. The molecule has 0 bridgehead atoms. The molecule has 3 rings (SSSR count). The van der Waals surface area contributed by atoms with Gasteiger partial charge in [0, 0.05) is 30.6 Å². The van der Waals surface area contributed by atoms with E-state index in [2.05, 4.69) is 15.9 Å². The molecule has 2 aromatic carbocycles. The summed E-state index contributed by atoms with van der Waals surface area (Å²) < 4.78 is 7.35. The van der Waals surface area contributed by atoms with Gasteiger partial charge in [0.15, 0.2) is 5.78 Å². The van der Waals surface area contributed by atoms with Crippen molar-refractivity contribution in [2.75, 3.05) is 7.11 Å². The Balaban J connectivity index is 2.16. The SMILES string of the molecule is COc1ccc2sc(C)c(C(=O)c3ccc(Br)cc3)c2c1. The second-order valence-corrected chi connectivity index (χ2v) is 6.90. The zero-order valence-electron chi connectivity index (χ0n) is 11.6. The van der Waals surface area contributed by atoms with E-state index in [1.54, 1.807) is 18.4 Å². The topological polar surface area (TPSA) is 26.3 Å². The number of methoxy groups -OCH3 is 1. The van der Waals surface area contributed by atoms with Crippen molar-refractivity contribution >= 4 is 43.1 Å². The first kappa shape index (κ1) is 14.3. The lowest BCUT2D eigenvalue weighted by atomic mass is 10.0. The van der Waals surface area contributed by atoms with E-state index in [9.17, 15) is 4.79 Å². The minimum Gasteiger partial charge on any atom is -0.497 e. The summed E-state index contributed by atoms with van der Waals surface area (Å²) in [5.41, 5.74) is 1.47. The molecular formula is C17H13BrO2S. The van der Waals surface area contributed by atoms with Crippen LogP contribution in [0, 0.1) is 6.92 Å². The molecule has 2 nitrogen and oxygen atoms in total. The van der Waals surface area contributed by atoms with Crippen LogP contribution in [0.3, 0.4) is 0 Å². The van der Waals surface area contributed by atoms with Gasteiger partial charge in [0.25, 0.3) is 0 Å². The van der Waals surface area contributed by atoms with Gasteiger partial charge in [-0.1, -0.05) is 15.9 Å². The van der Waals surface area contributed by atoms with Crippen molar-refractivity contribution in [1.29, 1.82) is 0 Å². The minimum atomic E-state index is 0.0551. The molecule has 1 heterocycles. The smallest absolute Gasteiger partial charge is 0.194 e. The van der Waals surface area contributed by atoms with Crippen molar-refractivity contribution < 1.29 is 9.53 Å². The Bertz CT molecular complexity index is 819. The molecule has 0 radical (unpaired) electrons. The van der Waals surface area contributed by atoms with Gasteiger partial charge in [0.1, 0.15) is 5.75 Å². The van der Waals surface area contributed by atoms with Crippen LogP contribution in [0.1, 0.15) is 20.8 Å². The Hall–Kier alpha value is -1.65. The van der Waals surface area contributed by atoms with Crippen LogP contribution < -0.4 is 4.74 Å². The van der Waals surface area contributed by atoms with Gasteiger partial charge >= 0.3 is 0 Å². The van der Waals surface area contributed by atoms with Crippen molar-refractivity contribution in [3.8, 4) is 5.75 Å². The third kappa shape index (κ3) is 2.61. The van der Waals surface area contributed by atoms with Gasteiger partial charge in [-0.05, 0) is 49.4 Å². The van der Waals surface area contributed by atoms with Crippen molar-refractivity contribution in [3.05, 3.63) is 62.9 Å². The zero-order chi connectivity index (χ0) is 15.0. The third-order valence-corrected chi connectivity index (χ3v) is 5.02. The Kier molecular flexibility index (Phi) is 3.83. The van der Waals surface area contributed by atoms with Crippen LogP contribution in [0.2, 0.25) is 0 Å². The fourth-order valence-corrected chi connectivity index (χ4v) is 3.66. The highest BCUT2D eigenvalue weighted by Crippen LogP contribution is 2.34.